The van der Waals surface area contributed by atoms with Gasteiger partial charge in [0.1, 0.15) is 5.70 Å². The molecule has 1 aliphatic rings. The average molecular weight is 454 g/mol. The number of methoxy groups -OCH3 is 2. The molecule has 0 aliphatic carbocycles. The molecule has 0 radical (unpaired) electrons. The number of ether oxygens (including phenoxy) is 2. The summed E-state index contributed by atoms with van der Waals surface area (Å²) in [6.07, 6.45) is -4.60. The summed E-state index contributed by atoms with van der Waals surface area (Å²) in [5, 5.41) is 1.76. The Balaban J connectivity index is 2.08. The maximum absolute atomic E-state index is 13.4. The number of carbonyl (C=O) groups is 2. The summed E-state index contributed by atoms with van der Waals surface area (Å²) in [6.45, 7) is 1.19. The molecule has 0 unspecified atom stereocenters. The maximum Gasteiger partial charge on any atom is 0.416 e. The highest BCUT2D eigenvalue weighted by molar-refractivity contribution is 7.11. The normalized spacial score (nSPS) is 14.7. The molecule has 0 saturated heterocycles. The molecule has 0 fully saturated rings. The first-order valence-electron chi connectivity index (χ1n) is 9.36. The molecule has 166 valence electrons. The molecule has 2 aromatic rings. The number of imide groups is 1. The third-order valence-corrected chi connectivity index (χ3v) is 5.59. The molecule has 2 amide bonds. The van der Waals surface area contributed by atoms with Gasteiger partial charge in [0.2, 0.25) is 0 Å². The zero-order valence-corrected chi connectivity index (χ0v) is 17.8. The summed E-state index contributed by atoms with van der Waals surface area (Å²) in [5.41, 5.74) is -0.789. The van der Waals surface area contributed by atoms with E-state index in [-0.39, 0.29) is 30.2 Å². The van der Waals surface area contributed by atoms with Crippen LogP contribution in [0, 0.1) is 0 Å². The number of nitrogens with zero attached hydrogens (tertiary/aromatic N) is 2. The van der Waals surface area contributed by atoms with E-state index in [0.29, 0.717) is 18.0 Å². The minimum absolute atomic E-state index is 0.124. The topological polar surface area (TPSA) is 59.1 Å². The van der Waals surface area contributed by atoms with Gasteiger partial charge in [0.05, 0.1) is 30.0 Å². The van der Waals surface area contributed by atoms with E-state index in [1.165, 1.54) is 37.7 Å². The zero-order chi connectivity index (χ0) is 22.6. The molecule has 0 spiro atoms. The summed E-state index contributed by atoms with van der Waals surface area (Å²) in [4.78, 5) is 29.8. The van der Waals surface area contributed by atoms with Gasteiger partial charge in [-0.25, -0.2) is 4.90 Å². The molecule has 31 heavy (non-hydrogen) atoms. The van der Waals surface area contributed by atoms with Crippen LogP contribution in [0.2, 0.25) is 0 Å². The number of amides is 2. The minimum Gasteiger partial charge on any atom is -0.383 e. The summed E-state index contributed by atoms with van der Waals surface area (Å²) in [6, 6.07) is 7.63. The van der Waals surface area contributed by atoms with Crippen LogP contribution >= 0.6 is 11.3 Å². The Morgan fingerprint density at radius 1 is 1.00 bits per heavy atom. The first-order chi connectivity index (χ1) is 14.8. The van der Waals surface area contributed by atoms with E-state index in [0.717, 1.165) is 17.0 Å². The van der Waals surface area contributed by atoms with Crippen molar-refractivity contribution in [2.75, 3.05) is 45.4 Å². The van der Waals surface area contributed by atoms with E-state index < -0.39 is 23.6 Å². The van der Waals surface area contributed by atoms with Crippen molar-refractivity contribution in [1.82, 2.24) is 4.90 Å². The summed E-state index contributed by atoms with van der Waals surface area (Å²) in [7, 11) is 3.03. The van der Waals surface area contributed by atoms with E-state index in [1.807, 2.05) is 0 Å². The van der Waals surface area contributed by atoms with Crippen molar-refractivity contribution in [2.45, 2.75) is 6.18 Å². The molecule has 1 aromatic carbocycles. The van der Waals surface area contributed by atoms with E-state index in [1.54, 1.807) is 22.4 Å². The molecular weight excluding hydrogens is 433 g/mol. The Morgan fingerprint density at radius 2 is 1.68 bits per heavy atom. The number of thiophene rings is 1. The van der Waals surface area contributed by atoms with Crippen molar-refractivity contribution in [3.8, 4) is 0 Å². The van der Waals surface area contributed by atoms with Gasteiger partial charge in [-0.15, -0.1) is 11.3 Å². The molecule has 2 heterocycles. The highest BCUT2D eigenvalue weighted by Gasteiger charge is 2.43. The molecule has 0 saturated carbocycles. The number of halogens is 3. The summed E-state index contributed by atoms with van der Waals surface area (Å²) < 4.78 is 49.9. The van der Waals surface area contributed by atoms with Crippen molar-refractivity contribution in [3.05, 3.63) is 57.9 Å². The smallest absolute Gasteiger partial charge is 0.383 e. The first-order valence-corrected chi connectivity index (χ1v) is 10.2. The first kappa shape index (κ1) is 23.0. The van der Waals surface area contributed by atoms with E-state index in [2.05, 4.69) is 0 Å². The lowest BCUT2D eigenvalue weighted by Gasteiger charge is -2.25. The van der Waals surface area contributed by atoms with Crippen molar-refractivity contribution >= 4 is 34.4 Å². The van der Waals surface area contributed by atoms with Crippen LogP contribution in [-0.4, -0.2) is 57.2 Å². The predicted molar refractivity (Wildman–Crippen MR) is 111 cm³/mol. The highest BCUT2D eigenvalue weighted by Crippen LogP contribution is 2.38. The Kier molecular flexibility index (Phi) is 7.14. The Morgan fingerprint density at radius 3 is 2.23 bits per heavy atom. The fraction of sp³-hybridized carbons (Fsp3) is 0.333. The van der Waals surface area contributed by atoms with Crippen LogP contribution in [0.25, 0.3) is 5.57 Å². The van der Waals surface area contributed by atoms with Crippen LogP contribution in [0.15, 0.2) is 47.5 Å². The van der Waals surface area contributed by atoms with Gasteiger partial charge in [0.15, 0.2) is 0 Å². The molecule has 1 aromatic heterocycles. The van der Waals surface area contributed by atoms with Gasteiger partial charge in [-0.3, -0.25) is 9.59 Å². The molecular formula is C21H21F3N2O4S. The van der Waals surface area contributed by atoms with Crippen LogP contribution in [0.5, 0.6) is 0 Å². The third kappa shape index (κ3) is 4.81. The van der Waals surface area contributed by atoms with Gasteiger partial charge in [-0.05, 0) is 29.6 Å². The predicted octanol–water partition coefficient (Wildman–Crippen LogP) is 3.65. The molecule has 6 nitrogen and oxygen atoms in total. The number of hydrogen-bond acceptors (Lipinski definition) is 6. The van der Waals surface area contributed by atoms with Crippen molar-refractivity contribution in [3.63, 3.8) is 0 Å². The zero-order valence-electron chi connectivity index (χ0n) is 16.9. The monoisotopic (exact) mass is 454 g/mol. The number of carbonyl (C=O) groups excluding carboxylic acids is 2. The van der Waals surface area contributed by atoms with Gasteiger partial charge >= 0.3 is 6.18 Å². The minimum atomic E-state index is -4.60. The quantitative estimate of drug-likeness (QED) is 0.542. The van der Waals surface area contributed by atoms with Crippen molar-refractivity contribution in [2.24, 2.45) is 0 Å². The van der Waals surface area contributed by atoms with Crippen LogP contribution in [0.3, 0.4) is 0 Å². The number of rotatable bonds is 9. The fourth-order valence-electron chi connectivity index (χ4n) is 3.25. The summed E-state index contributed by atoms with van der Waals surface area (Å²) in [5.74, 6) is -1.35. The second-order valence-electron chi connectivity index (χ2n) is 6.67. The summed E-state index contributed by atoms with van der Waals surface area (Å²) >= 11 is 1.27. The Hall–Kier alpha value is -2.69. The van der Waals surface area contributed by atoms with Crippen molar-refractivity contribution < 1.29 is 32.2 Å². The second-order valence-corrected chi connectivity index (χ2v) is 7.62. The van der Waals surface area contributed by atoms with Crippen LogP contribution < -0.4 is 4.90 Å². The third-order valence-electron chi connectivity index (χ3n) is 4.71. The van der Waals surface area contributed by atoms with Gasteiger partial charge in [0.25, 0.3) is 11.8 Å². The largest absolute Gasteiger partial charge is 0.416 e. The fourth-order valence-corrected chi connectivity index (χ4v) is 4.01. The van der Waals surface area contributed by atoms with Crippen LogP contribution in [0.4, 0.5) is 18.9 Å². The van der Waals surface area contributed by atoms with E-state index >= 15 is 0 Å². The van der Waals surface area contributed by atoms with E-state index in [4.69, 9.17) is 9.47 Å². The van der Waals surface area contributed by atoms with Crippen LogP contribution in [0.1, 0.15) is 10.4 Å². The van der Waals surface area contributed by atoms with Gasteiger partial charge in [-0.1, -0.05) is 12.1 Å². The number of benzene rings is 1. The highest BCUT2D eigenvalue weighted by atomic mass is 32.1. The molecule has 10 heteroatoms. The van der Waals surface area contributed by atoms with Crippen molar-refractivity contribution in [1.29, 1.82) is 0 Å². The van der Waals surface area contributed by atoms with Gasteiger partial charge in [0, 0.05) is 32.2 Å². The molecule has 0 atom stereocenters. The molecule has 0 bridgehead atoms. The number of anilines is 1. The Bertz CT molecular complexity index is 965. The lowest BCUT2D eigenvalue weighted by molar-refractivity contribution is -0.137. The van der Waals surface area contributed by atoms with Gasteiger partial charge in [-0.2, -0.15) is 13.2 Å². The lowest BCUT2D eigenvalue weighted by atomic mass is 10.1. The average Bonchev–Trinajstić information content (AvgIpc) is 3.34. The second kappa shape index (κ2) is 9.63. The SMILES string of the molecule is COCCN(CCOC)C1=C(c2cccs2)C(=O)N(c2cccc(C(F)(F)F)c2)C1=O. The van der Waals surface area contributed by atoms with Crippen LogP contribution in [-0.2, 0) is 25.2 Å². The molecule has 0 N–H and O–H groups in total. The maximum atomic E-state index is 13.4. The molecule has 1 aliphatic heterocycles. The molecule has 3 rings (SSSR count). The Labute approximate surface area is 181 Å². The number of alkyl halides is 3. The van der Waals surface area contributed by atoms with Gasteiger partial charge < -0.3 is 14.4 Å². The standard InChI is InChI=1S/C21H21F3N2O4S/c1-29-10-8-25(9-11-30-2)18-17(16-7-4-12-31-16)19(27)26(20(18)28)15-6-3-5-14(13-15)21(22,23)24/h3-7,12-13H,8-11H2,1-2H3. The number of hydrogen-bond donors (Lipinski definition) is 0. The lowest BCUT2D eigenvalue weighted by Crippen LogP contribution is -2.37. The van der Waals surface area contributed by atoms with E-state index in [9.17, 15) is 22.8 Å².